The highest BCUT2D eigenvalue weighted by Gasteiger charge is 2.12. The van der Waals surface area contributed by atoms with E-state index in [9.17, 15) is 14.5 Å². The monoisotopic (exact) mass is 297 g/mol. The average molecular weight is 298 g/mol. The Morgan fingerprint density at radius 1 is 1.30 bits per heavy atom. The Bertz CT molecular complexity index is 667. The van der Waals surface area contributed by atoms with Crippen LogP contribution in [0, 0.1) is 15.9 Å². The van der Waals surface area contributed by atoms with Crippen LogP contribution in [0.2, 0.25) is 5.02 Å². The Hall–Kier alpha value is -2.45. The summed E-state index contributed by atoms with van der Waals surface area (Å²) >= 11 is 5.89. The van der Waals surface area contributed by atoms with Crippen LogP contribution in [-0.2, 0) is 0 Å². The van der Waals surface area contributed by atoms with E-state index in [0.717, 1.165) is 6.07 Å². The second kappa shape index (κ2) is 5.68. The molecule has 2 rings (SSSR count). The van der Waals surface area contributed by atoms with Gasteiger partial charge in [-0.1, -0.05) is 11.6 Å². The largest absolute Gasteiger partial charge is 0.339 e. The highest BCUT2D eigenvalue weighted by Crippen LogP contribution is 2.28. The first-order valence-electron chi connectivity index (χ1n) is 5.35. The lowest BCUT2D eigenvalue weighted by Crippen LogP contribution is -2.10. The fourth-order valence-electron chi connectivity index (χ4n) is 1.49. The topological polar surface area (TPSA) is 106 Å². The average Bonchev–Trinajstić information content (AvgIpc) is 2.42. The lowest BCUT2D eigenvalue weighted by atomic mass is 10.3. The van der Waals surface area contributed by atoms with Crippen molar-refractivity contribution in [2.75, 3.05) is 10.7 Å². The molecule has 0 spiro atoms. The number of nitro groups is 1. The number of benzene rings is 1. The second-order valence-corrected chi connectivity index (χ2v) is 4.15. The van der Waals surface area contributed by atoms with Gasteiger partial charge in [0.15, 0.2) is 0 Å². The minimum atomic E-state index is -0.596. The molecular weight excluding hydrogens is 289 g/mol. The van der Waals surface area contributed by atoms with Gasteiger partial charge in [0.25, 0.3) is 5.69 Å². The molecule has 9 heteroatoms. The third-order valence-corrected chi connectivity index (χ3v) is 2.69. The molecule has 0 aliphatic rings. The molecule has 0 unspecified atom stereocenters. The molecule has 2 aromatic rings. The van der Waals surface area contributed by atoms with Gasteiger partial charge < -0.3 is 10.7 Å². The number of hydrazine groups is 1. The lowest BCUT2D eigenvalue weighted by Gasteiger charge is -2.09. The predicted octanol–water partition coefficient (Wildman–Crippen LogP) is 2.81. The quantitative estimate of drug-likeness (QED) is 0.455. The smallest absolute Gasteiger partial charge is 0.276 e. The van der Waals surface area contributed by atoms with Gasteiger partial charge in [0.05, 0.1) is 27.8 Å². The maximum atomic E-state index is 13.1. The normalized spacial score (nSPS) is 10.2. The van der Waals surface area contributed by atoms with E-state index >= 15 is 0 Å². The third-order valence-electron chi connectivity index (χ3n) is 2.36. The molecule has 0 atom stereocenters. The number of pyridine rings is 1. The number of aromatic nitrogens is 1. The molecule has 20 heavy (non-hydrogen) atoms. The highest BCUT2D eigenvalue weighted by atomic mass is 35.5. The van der Waals surface area contributed by atoms with Gasteiger partial charge in [-0.05, 0) is 18.2 Å². The van der Waals surface area contributed by atoms with Crippen LogP contribution in [0.25, 0.3) is 0 Å². The summed E-state index contributed by atoms with van der Waals surface area (Å²) in [5.74, 6) is 4.89. The maximum absolute atomic E-state index is 13.1. The molecular formula is C11H9ClFN5O2. The summed E-state index contributed by atoms with van der Waals surface area (Å²) in [7, 11) is 0. The molecule has 4 N–H and O–H groups in total. The Kier molecular flexibility index (Phi) is 3.97. The van der Waals surface area contributed by atoms with Crippen LogP contribution in [0.15, 0.2) is 30.3 Å². The summed E-state index contributed by atoms with van der Waals surface area (Å²) in [6.07, 6.45) is 0. The van der Waals surface area contributed by atoms with Crippen LogP contribution in [0.5, 0.6) is 0 Å². The number of nitrogens with zero attached hydrogens (tertiary/aromatic N) is 2. The summed E-state index contributed by atoms with van der Waals surface area (Å²) in [6, 6.07) is 6.05. The van der Waals surface area contributed by atoms with E-state index in [1.807, 2.05) is 0 Å². The van der Waals surface area contributed by atoms with E-state index in [1.54, 1.807) is 0 Å². The fraction of sp³-hybridized carbons (Fsp3) is 0. The van der Waals surface area contributed by atoms with Gasteiger partial charge in [0, 0.05) is 0 Å². The van der Waals surface area contributed by atoms with Gasteiger partial charge in [-0.3, -0.25) is 10.1 Å². The SMILES string of the molecule is NNc1cc([N+](=O)[O-])cc(Nc2cc(F)ccc2Cl)n1. The Balaban J connectivity index is 2.39. The summed E-state index contributed by atoms with van der Waals surface area (Å²) < 4.78 is 13.1. The van der Waals surface area contributed by atoms with Crippen molar-refractivity contribution >= 4 is 34.6 Å². The summed E-state index contributed by atoms with van der Waals surface area (Å²) in [5, 5.41) is 13.7. The zero-order valence-corrected chi connectivity index (χ0v) is 10.7. The molecule has 0 amide bonds. The van der Waals surface area contributed by atoms with Gasteiger partial charge in [-0.25, -0.2) is 15.2 Å². The first-order valence-corrected chi connectivity index (χ1v) is 5.72. The molecule has 0 saturated heterocycles. The van der Waals surface area contributed by atoms with Crippen molar-refractivity contribution < 1.29 is 9.31 Å². The van der Waals surface area contributed by atoms with E-state index in [4.69, 9.17) is 17.4 Å². The van der Waals surface area contributed by atoms with Crippen LogP contribution in [-0.4, -0.2) is 9.91 Å². The van der Waals surface area contributed by atoms with Crippen molar-refractivity contribution in [1.29, 1.82) is 0 Å². The van der Waals surface area contributed by atoms with Crippen molar-refractivity contribution in [3.8, 4) is 0 Å². The van der Waals surface area contributed by atoms with E-state index in [-0.39, 0.29) is 28.0 Å². The summed E-state index contributed by atoms with van der Waals surface area (Å²) in [5.41, 5.74) is 2.23. The Morgan fingerprint density at radius 3 is 2.65 bits per heavy atom. The Labute approximate surface area is 117 Å². The van der Waals surface area contributed by atoms with E-state index in [0.29, 0.717) is 0 Å². The molecule has 1 aromatic heterocycles. The minimum Gasteiger partial charge on any atom is -0.339 e. The molecule has 7 nitrogen and oxygen atoms in total. The lowest BCUT2D eigenvalue weighted by molar-refractivity contribution is -0.384. The zero-order chi connectivity index (χ0) is 14.7. The molecule has 0 bridgehead atoms. The summed E-state index contributed by atoms with van der Waals surface area (Å²) in [4.78, 5) is 14.2. The van der Waals surface area contributed by atoms with Gasteiger partial charge in [-0.15, -0.1) is 0 Å². The molecule has 0 aliphatic carbocycles. The van der Waals surface area contributed by atoms with E-state index in [2.05, 4.69) is 15.7 Å². The van der Waals surface area contributed by atoms with Crippen molar-refractivity contribution in [3.63, 3.8) is 0 Å². The van der Waals surface area contributed by atoms with Gasteiger partial charge in [0.2, 0.25) is 0 Å². The van der Waals surface area contributed by atoms with Crippen molar-refractivity contribution in [1.82, 2.24) is 4.98 Å². The summed E-state index contributed by atoms with van der Waals surface area (Å²) in [6.45, 7) is 0. The number of anilines is 3. The molecule has 1 aromatic carbocycles. The number of rotatable bonds is 4. The van der Waals surface area contributed by atoms with Crippen LogP contribution in [0.4, 0.5) is 27.4 Å². The van der Waals surface area contributed by atoms with Crippen molar-refractivity contribution in [2.45, 2.75) is 0 Å². The van der Waals surface area contributed by atoms with Crippen molar-refractivity contribution in [2.24, 2.45) is 5.84 Å². The zero-order valence-electron chi connectivity index (χ0n) is 9.93. The molecule has 0 radical (unpaired) electrons. The number of halogens is 2. The first kappa shape index (κ1) is 14.0. The number of hydrogen-bond donors (Lipinski definition) is 3. The van der Waals surface area contributed by atoms with E-state index < -0.39 is 10.7 Å². The second-order valence-electron chi connectivity index (χ2n) is 3.75. The number of hydrogen-bond acceptors (Lipinski definition) is 6. The van der Waals surface area contributed by atoms with E-state index in [1.165, 1.54) is 24.3 Å². The predicted molar refractivity (Wildman–Crippen MR) is 73.4 cm³/mol. The fourth-order valence-corrected chi connectivity index (χ4v) is 1.66. The van der Waals surface area contributed by atoms with Crippen LogP contribution >= 0.6 is 11.6 Å². The van der Waals surface area contributed by atoms with Crippen LogP contribution in [0.1, 0.15) is 0 Å². The number of nitrogens with two attached hydrogens (primary N) is 1. The number of nitrogens with one attached hydrogen (secondary N) is 2. The molecule has 0 saturated carbocycles. The van der Waals surface area contributed by atoms with Crippen molar-refractivity contribution in [3.05, 3.63) is 51.3 Å². The molecule has 0 aliphatic heterocycles. The van der Waals surface area contributed by atoms with Gasteiger partial charge >= 0.3 is 0 Å². The maximum Gasteiger partial charge on any atom is 0.276 e. The molecule has 1 heterocycles. The number of nitrogen functional groups attached to an aromatic ring is 1. The first-order chi connectivity index (χ1) is 9.49. The Morgan fingerprint density at radius 2 is 2.00 bits per heavy atom. The molecule has 0 fully saturated rings. The van der Waals surface area contributed by atoms with Gasteiger partial charge in [-0.2, -0.15) is 0 Å². The van der Waals surface area contributed by atoms with Gasteiger partial charge in [0.1, 0.15) is 17.5 Å². The minimum absolute atomic E-state index is 0.0919. The third kappa shape index (κ3) is 3.11. The van der Waals surface area contributed by atoms with Crippen LogP contribution in [0.3, 0.4) is 0 Å². The molecule has 104 valence electrons. The highest BCUT2D eigenvalue weighted by molar-refractivity contribution is 6.33. The standard InChI is InChI=1S/C11H9ClFN5O2/c12-8-2-1-6(13)3-9(8)15-10-4-7(18(19)20)5-11(16-10)17-14/h1-5H,14H2,(H2,15,16,17). The van der Waals surface area contributed by atoms with Crippen LogP contribution < -0.4 is 16.6 Å².